The first-order valence-electron chi connectivity index (χ1n) is 6.44. The van der Waals surface area contributed by atoms with Crippen molar-refractivity contribution in [3.8, 4) is 0 Å². The molecule has 2 aromatic rings. The van der Waals surface area contributed by atoms with Crippen molar-refractivity contribution in [1.82, 2.24) is 14.8 Å². The average Bonchev–Trinajstić information content (AvgIpc) is 2.72. The first-order chi connectivity index (χ1) is 9.00. The number of nitrogens with zero attached hydrogens (tertiary/aromatic N) is 3. The van der Waals surface area contributed by atoms with Gasteiger partial charge in [0, 0.05) is 17.5 Å². The maximum Gasteiger partial charge on any atom is 0.436 e. The van der Waals surface area contributed by atoms with Gasteiger partial charge in [-0.25, -0.2) is 4.79 Å². The second-order valence-electron chi connectivity index (χ2n) is 5.03. The van der Waals surface area contributed by atoms with E-state index in [0.29, 0.717) is 0 Å². The van der Waals surface area contributed by atoms with Gasteiger partial charge in [0.1, 0.15) is 5.52 Å². The van der Waals surface area contributed by atoms with Crippen LogP contribution < -0.4 is 4.84 Å². The maximum atomic E-state index is 12.2. The molecule has 5 nitrogen and oxygen atoms in total. The molecule has 0 saturated carbocycles. The summed E-state index contributed by atoms with van der Waals surface area (Å²) in [6, 6.07) is 7.76. The van der Waals surface area contributed by atoms with Gasteiger partial charge < -0.3 is 4.90 Å². The molecule has 6 heteroatoms. The highest BCUT2D eigenvalue weighted by Gasteiger charge is 2.23. The van der Waals surface area contributed by atoms with Gasteiger partial charge in [-0.3, -0.25) is 4.84 Å². The fraction of sp³-hybridized carbons (Fsp3) is 0.429. The second-order valence-corrected chi connectivity index (χ2v) is 5.03. The van der Waals surface area contributed by atoms with Crippen LogP contribution in [0.2, 0.25) is 0 Å². The van der Waals surface area contributed by atoms with Crippen molar-refractivity contribution in [2.45, 2.75) is 39.8 Å². The summed E-state index contributed by atoms with van der Waals surface area (Å²) >= 11 is 0. The Labute approximate surface area is 124 Å². The number of amides is 1. The van der Waals surface area contributed by atoms with E-state index in [2.05, 4.69) is 5.10 Å². The number of benzene rings is 1. The van der Waals surface area contributed by atoms with Crippen molar-refractivity contribution in [3.05, 3.63) is 30.5 Å². The van der Waals surface area contributed by atoms with E-state index in [4.69, 9.17) is 4.84 Å². The van der Waals surface area contributed by atoms with Crippen LogP contribution in [0.25, 0.3) is 10.9 Å². The molecule has 0 aliphatic carbocycles. The van der Waals surface area contributed by atoms with E-state index in [-0.39, 0.29) is 30.6 Å². The average molecular weight is 298 g/mol. The van der Waals surface area contributed by atoms with Crippen LogP contribution in [-0.2, 0) is 0 Å². The van der Waals surface area contributed by atoms with Gasteiger partial charge in [-0.2, -0.15) is 0 Å². The van der Waals surface area contributed by atoms with Gasteiger partial charge in [-0.05, 0) is 33.8 Å². The third-order valence-electron chi connectivity index (χ3n) is 2.93. The molecule has 0 atom stereocenters. The number of aromatic nitrogens is 2. The molecule has 0 fully saturated rings. The largest absolute Gasteiger partial charge is 0.436 e. The Bertz CT molecular complexity index is 573. The van der Waals surface area contributed by atoms with E-state index in [1.54, 1.807) is 11.1 Å². The van der Waals surface area contributed by atoms with E-state index in [9.17, 15) is 4.79 Å². The van der Waals surface area contributed by atoms with Gasteiger partial charge in [0.25, 0.3) is 0 Å². The molecule has 1 aromatic carbocycles. The molecule has 2 rings (SSSR count). The number of halogens is 1. The zero-order valence-electron chi connectivity index (χ0n) is 12.1. The predicted molar refractivity (Wildman–Crippen MR) is 81.1 cm³/mol. The van der Waals surface area contributed by atoms with E-state index < -0.39 is 0 Å². The van der Waals surface area contributed by atoms with Crippen LogP contribution in [0.1, 0.15) is 27.7 Å². The molecule has 1 amide bonds. The fourth-order valence-electron chi connectivity index (χ4n) is 2.16. The number of carbonyl (C=O) groups is 1. The van der Waals surface area contributed by atoms with Crippen LogP contribution in [0, 0.1) is 0 Å². The summed E-state index contributed by atoms with van der Waals surface area (Å²) < 4.78 is 0. The highest BCUT2D eigenvalue weighted by Crippen LogP contribution is 2.12. The molecule has 0 saturated heterocycles. The smallest absolute Gasteiger partial charge is 0.301 e. The van der Waals surface area contributed by atoms with Gasteiger partial charge in [0.05, 0.1) is 6.20 Å². The highest BCUT2D eigenvalue weighted by molar-refractivity contribution is 5.85. The van der Waals surface area contributed by atoms with E-state index in [1.807, 2.05) is 52.0 Å². The molecular weight excluding hydrogens is 278 g/mol. The van der Waals surface area contributed by atoms with Crippen LogP contribution in [0.15, 0.2) is 30.5 Å². The van der Waals surface area contributed by atoms with E-state index >= 15 is 0 Å². The summed E-state index contributed by atoms with van der Waals surface area (Å²) in [7, 11) is 0. The summed E-state index contributed by atoms with van der Waals surface area (Å²) in [5.74, 6) is 0. The number of para-hydroxylation sites is 1. The molecule has 1 heterocycles. The van der Waals surface area contributed by atoms with E-state index in [1.165, 1.54) is 4.85 Å². The second kappa shape index (κ2) is 6.61. The van der Waals surface area contributed by atoms with Gasteiger partial charge in [-0.1, -0.05) is 23.0 Å². The summed E-state index contributed by atoms with van der Waals surface area (Å²) in [6.07, 6.45) is 1.29. The van der Waals surface area contributed by atoms with Gasteiger partial charge >= 0.3 is 6.09 Å². The molecule has 110 valence electrons. The van der Waals surface area contributed by atoms with Gasteiger partial charge in [0.15, 0.2) is 0 Å². The Kier molecular flexibility index (Phi) is 5.39. The Balaban J connectivity index is 0.00000200. The lowest BCUT2D eigenvalue weighted by Crippen LogP contribution is -2.45. The van der Waals surface area contributed by atoms with Crippen molar-refractivity contribution in [1.29, 1.82) is 0 Å². The molecule has 0 bridgehead atoms. The Morgan fingerprint density at radius 3 is 2.40 bits per heavy atom. The minimum atomic E-state index is -0.390. The normalized spacial score (nSPS) is 10.7. The molecule has 0 unspecified atom stereocenters. The molecule has 0 radical (unpaired) electrons. The van der Waals surface area contributed by atoms with Crippen molar-refractivity contribution >= 4 is 29.4 Å². The predicted octanol–water partition coefficient (Wildman–Crippen LogP) is 3.13. The van der Waals surface area contributed by atoms with Crippen LogP contribution in [-0.4, -0.2) is 33.0 Å². The van der Waals surface area contributed by atoms with Gasteiger partial charge in [0.2, 0.25) is 0 Å². The zero-order valence-corrected chi connectivity index (χ0v) is 12.9. The molecule has 0 aliphatic heterocycles. The van der Waals surface area contributed by atoms with Crippen LogP contribution >= 0.6 is 12.4 Å². The summed E-state index contributed by atoms with van der Waals surface area (Å²) in [6.45, 7) is 7.84. The lowest BCUT2D eigenvalue weighted by atomic mass is 10.2. The molecule has 1 aromatic heterocycles. The van der Waals surface area contributed by atoms with Crippen LogP contribution in [0.3, 0.4) is 0 Å². The van der Waals surface area contributed by atoms with Crippen molar-refractivity contribution in [3.63, 3.8) is 0 Å². The third-order valence-corrected chi connectivity index (χ3v) is 2.93. The Morgan fingerprint density at radius 1 is 1.20 bits per heavy atom. The SMILES string of the molecule is CC(C)N(C(=O)On1ncc2ccccc21)C(C)C.Cl. The van der Waals surface area contributed by atoms with Crippen LogP contribution in [0.4, 0.5) is 4.79 Å². The number of fused-ring (bicyclic) bond motifs is 1. The zero-order chi connectivity index (χ0) is 14.0. The molecule has 20 heavy (non-hydrogen) atoms. The number of hydrogen-bond donors (Lipinski definition) is 0. The highest BCUT2D eigenvalue weighted by atomic mass is 35.5. The minimum Gasteiger partial charge on any atom is -0.301 e. The first-order valence-corrected chi connectivity index (χ1v) is 6.44. The number of carbonyl (C=O) groups excluding carboxylic acids is 1. The first kappa shape index (κ1) is 16.3. The molecule has 0 spiro atoms. The lowest BCUT2D eigenvalue weighted by Gasteiger charge is -2.29. The van der Waals surface area contributed by atoms with Crippen molar-refractivity contribution < 1.29 is 9.63 Å². The lowest BCUT2D eigenvalue weighted by molar-refractivity contribution is 0.0638. The van der Waals surface area contributed by atoms with Gasteiger partial charge in [-0.15, -0.1) is 17.5 Å². The summed E-state index contributed by atoms with van der Waals surface area (Å²) in [5, 5.41) is 5.02. The monoisotopic (exact) mass is 297 g/mol. The Hall–Kier alpha value is -1.75. The third kappa shape index (κ3) is 3.22. The maximum absolute atomic E-state index is 12.2. The number of rotatable bonds is 3. The summed E-state index contributed by atoms with van der Waals surface area (Å²) in [4.78, 5) is 20.5. The molecule has 0 aliphatic rings. The number of hydrogen-bond acceptors (Lipinski definition) is 3. The Morgan fingerprint density at radius 2 is 1.80 bits per heavy atom. The summed E-state index contributed by atoms with van der Waals surface area (Å²) in [5.41, 5.74) is 0.781. The van der Waals surface area contributed by atoms with E-state index in [0.717, 1.165) is 10.9 Å². The van der Waals surface area contributed by atoms with Crippen molar-refractivity contribution in [2.24, 2.45) is 0 Å². The van der Waals surface area contributed by atoms with Crippen molar-refractivity contribution in [2.75, 3.05) is 0 Å². The molecular formula is C14H20ClN3O2. The van der Waals surface area contributed by atoms with Crippen LogP contribution in [0.5, 0.6) is 0 Å². The quantitative estimate of drug-likeness (QED) is 0.874. The topological polar surface area (TPSA) is 47.4 Å². The molecule has 0 N–H and O–H groups in total. The standard InChI is InChI=1S/C14H19N3O2.ClH/c1-10(2)16(11(3)4)14(18)19-17-13-8-6-5-7-12(13)9-15-17;/h5-11H,1-4H3;1H. The minimum absolute atomic E-state index is 0. The fourth-order valence-corrected chi connectivity index (χ4v) is 2.16.